The molecule has 0 bridgehead atoms. The van der Waals surface area contributed by atoms with Crippen LogP contribution in [0.1, 0.15) is 0 Å². The fourth-order valence-electron chi connectivity index (χ4n) is 0.395. The number of hydrogen-bond acceptors (Lipinski definition) is 4. The second kappa shape index (κ2) is 1.75. The van der Waals surface area contributed by atoms with Gasteiger partial charge >= 0.3 is 0 Å². The van der Waals surface area contributed by atoms with Gasteiger partial charge in [0, 0.05) is 0 Å². The predicted octanol–water partition coefficient (Wildman–Crippen LogP) is -1.57. The zero-order chi connectivity index (χ0) is 5.28. The molecule has 0 atom stereocenters. The summed E-state index contributed by atoms with van der Waals surface area (Å²) in [4.78, 5) is 0. The van der Waals surface area contributed by atoms with Crippen LogP contribution in [0.2, 0.25) is 0 Å². The van der Waals surface area contributed by atoms with E-state index in [1.54, 1.807) is 0 Å². The van der Waals surface area contributed by atoms with Crippen molar-refractivity contribution in [3.05, 3.63) is 0 Å². The first kappa shape index (κ1) is 4.99. The summed E-state index contributed by atoms with van der Waals surface area (Å²) in [5.74, 6) is 10.3. The van der Waals surface area contributed by atoms with Gasteiger partial charge in [-0.15, -0.1) is 0 Å². The highest BCUT2D eigenvalue weighted by atomic mass is 16.5. The molecule has 4 nitrogen and oxygen atoms in total. The molecule has 0 aliphatic carbocycles. The molecule has 0 aromatic carbocycles. The van der Waals surface area contributed by atoms with Crippen LogP contribution in [0.15, 0.2) is 0 Å². The van der Waals surface area contributed by atoms with Gasteiger partial charge in [0.15, 0.2) is 0 Å². The van der Waals surface area contributed by atoms with Crippen LogP contribution in [-0.4, -0.2) is 24.4 Å². The molecule has 0 radical (unpaired) electrons. The van der Waals surface area contributed by atoms with Gasteiger partial charge in [-0.3, -0.25) is 11.7 Å². The minimum absolute atomic E-state index is 0.250. The molecular formula is C3H9N3O. The highest BCUT2D eigenvalue weighted by Gasteiger charge is 2.20. The molecule has 1 saturated heterocycles. The molecule has 0 spiro atoms. The lowest BCUT2D eigenvalue weighted by Gasteiger charge is -2.30. The molecule has 0 saturated carbocycles. The van der Waals surface area contributed by atoms with E-state index in [1.807, 2.05) is 0 Å². The average molecular weight is 103 g/mol. The van der Waals surface area contributed by atoms with E-state index in [0.29, 0.717) is 13.2 Å². The monoisotopic (exact) mass is 103 g/mol. The number of nitrogens with two attached hydrogens (primary N) is 2. The molecule has 4 heteroatoms. The van der Waals surface area contributed by atoms with Crippen LogP contribution >= 0.6 is 0 Å². The van der Waals surface area contributed by atoms with E-state index in [2.05, 4.69) is 0 Å². The fourth-order valence-corrected chi connectivity index (χ4v) is 0.395. The van der Waals surface area contributed by atoms with Crippen LogP contribution in [-0.2, 0) is 4.74 Å². The van der Waals surface area contributed by atoms with Gasteiger partial charge in [-0.1, -0.05) is 0 Å². The van der Waals surface area contributed by atoms with E-state index in [0.717, 1.165) is 0 Å². The maximum atomic E-state index is 5.13. The molecule has 1 fully saturated rings. The standard InChI is InChI=1S/C3H9N3O/c4-6(5)3-1-7-2-3/h3H,1-2,4-5H2. The maximum absolute atomic E-state index is 5.13. The summed E-state index contributed by atoms with van der Waals surface area (Å²) in [6.07, 6.45) is 0. The topological polar surface area (TPSA) is 64.5 Å². The van der Waals surface area contributed by atoms with Crippen molar-refractivity contribution < 1.29 is 4.74 Å². The Labute approximate surface area is 42.0 Å². The third-order valence-corrected chi connectivity index (χ3v) is 1.04. The van der Waals surface area contributed by atoms with Crippen LogP contribution in [0.5, 0.6) is 0 Å². The highest BCUT2D eigenvalue weighted by molar-refractivity contribution is 4.69. The van der Waals surface area contributed by atoms with Gasteiger partial charge < -0.3 is 4.74 Å². The molecule has 1 heterocycles. The quantitative estimate of drug-likeness (QED) is 0.311. The van der Waals surface area contributed by atoms with Gasteiger partial charge in [0.05, 0.1) is 19.3 Å². The van der Waals surface area contributed by atoms with E-state index in [4.69, 9.17) is 16.4 Å². The van der Waals surface area contributed by atoms with Crippen LogP contribution in [0, 0.1) is 0 Å². The maximum Gasteiger partial charge on any atom is 0.0861 e. The number of ether oxygens (including phenoxy) is 1. The largest absolute Gasteiger partial charge is 0.378 e. The van der Waals surface area contributed by atoms with Crippen LogP contribution in [0.3, 0.4) is 0 Å². The number of hydrazine groups is 2. The zero-order valence-corrected chi connectivity index (χ0v) is 4.00. The third kappa shape index (κ3) is 0.889. The Morgan fingerprint density at radius 3 is 2.00 bits per heavy atom. The van der Waals surface area contributed by atoms with Crippen LogP contribution < -0.4 is 11.7 Å². The first-order valence-corrected chi connectivity index (χ1v) is 2.17. The van der Waals surface area contributed by atoms with Gasteiger partial charge in [0.2, 0.25) is 0 Å². The Bertz CT molecular complexity index is 61.2. The van der Waals surface area contributed by atoms with Crippen LogP contribution in [0.4, 0.5) is 0 Å². The van der Waals surface area contributed by atoms with Crippen molar-refractivity contribution in [2.75, 3.05) is 13.2 Å². The minimum atomic E-state index is 0.250. The predicted molar refractivity (Wildman–Crippen MR) is 24.8 cm³/mol. The third-order valence-electron chi connectivity index (χ3n) is 1.04. The minimum Gasteiger partial charge on any atom is -0.378 e. The first-order valence-electron chi connectivity index (χ1n) is 2.17. The lowest BCUT2D eigenvalue weighted by Crippen LogP contribution is -2.56. The van der Waals surface area contributed by atoms with Crippen molar-refractivity contribution in [3.63, 3.8) is 0 Å². The van der Waals surface area contributed by atoms with E-state index in [-0.39, 0.29) is 6.04 Å². The first-order chi connectivity index (χ1) is 3.30. The molecular weight excluding hydrogens is 94.1 g/mol. The van der Waals surface area contributed by atoms with Crippen molar-refractivity contribution in [1.82, 2.24) is 5.12 Å². The summed E-state index contributed by atoms with van der Waals surface area (Å²) < 4.78 is 4.79. The summed E-state index contributed by atoms with van der Waals surface area (Å²) >= 11 is 0. The molecule has 4 N–H and O–H groups in total. The summed E-state index contributed by atoms with van der Waals surface area (Å²) in [7, 11) is 0. The van der Waals surface area contributed by atoms with Gasteiger partial charge in [0.25, 0.3) is 0 Å². The Morgan fingerprint density at radius 1 is 1.43 bits per heavy atom. The average Bonchev–Trinajstić information content (AvgIpc) is 1.23. The zero-order valence-electron chi connectivity index (χ0n) is 4.00. The molecule has 42 valence electrons. The SMILES string of the molecule is NN(N)C1COC1. The summed E-state index contributed by atoms with van der Waals surface area (Å²) in [6, 6.07) is 0.250. The van der Waals surface area contributed by atoms with E-state index in [1.165, 1.54) is 5.12 Å². The molecule has 0 amide bonds. The molecule has 1 aliphatic rings. The van der Waals surface area contributed by atoms with Crippen molar-refractivity contribution in [3.8, 4) is 0 Å². The molecule has 0 aromatic heterocycles. The number of hydrogen-bond donors (Lipinski definition) is 2. The second-order valence-corrected chi connectivity index (χ2v) is 1.64. The lowest BCUT2D eigenvalue weighted by atomic mass is 10.3. The van der Waals surface area contributed by atoms with E-state index in [9.17, 15) is 0 Å². The van der Waals surface area contributed by atoms with E-state index < -0.39 is 0 Å². The van der Waals surface area contributed by atoms with Gasteiger partial charge in [-0.05, 0) is 0 Å². The van der Waals surface area contributed by atoms with Gasteiger partial charge in [-0.25, -0.2) is 0 Å². The molecule has 1 rings (SSSR count). The van der Waals surface area contributed by atoms with Crippen molar-refractivity contribution >= 4 is 0 Å². The molecule has 7 heavy (non-hydrogen) atoms. The molecule has 0 aromatic rings. The summed E-state index contributed by atoms with van der Waals surface area (Å²) in [5, 5.41) is 1.18. The number of rotatable bonds is 1. The Balaban J connectivity index is 2.14. The molecule has 0 unspecified atom stereocenters. The van der Waals surface area contributed by atoms with Crippen molar-refractivity contribution in [1.29, 1.82) is 0 Å². The molecule has 1 aliphatic heterocycles. The summed E-state index contributed by atoms with van der Waals surface area (Å²) in [6.45, 7) is 1.35. The Kier molecular flexibility index (Phi) is 1.25. The summed E-state index contributed by atoms with van der Waals surface area (Å²) in [5.41, 5.74) is 0. The fraction of sp³-hybridized carbons (Fsp3) is 1.00. The smallest absolute Gasteiger partial charge is 0.0861 e. The Morgan fingerprint density at radius 2 is 2.00 bits per heavy atom. The van der Waals surface area contributed by atoms with E-state index >= 15 is 0 Å². The van der Waals surface area contributed by atoms with Crippen LogP contribution in [0.25, 0.3) is 0 Å². The van der Waals surface area contributed by atoms with Crippen molar-refractivity contribution in [2.24, 2.45) is 11.7 Å². The Hall–Kier alpha value is -0.160. The van der Waals surface area contributed by atoms with Gasteiger partial charge in [-0.2, -0.15) is 5.12 Å². The normalized spacial score (nSPS) is 22.7. The lowest BCUT2D eigenvalue weighted by molar-refractivity contribution is -0.0663. The number of nitrogens with zero attached hydrogens (tertiary/aromatic N) is 1. The van der Waals surface area contributed by atoms with Gasteiger partial charge in [0.1, 0.15) is 0 Å². The second-order valence-electron chi connectivity index (χ2n) is 1.64. The van der Waals surface area contributed by atoms with Crippen molar-refractivity contribution in [2.45, 2.75) is 6.04 Å². The highest BCUT2D eigenvalue weighted by Crippen LogP contribution is 2.01.